The van der Waals surface area contributed by atoms with E-state index in [1.807, 2.05) is 6.92 Å². The molecule has 146 valence electrons. The van der Waals surface area contributed by atoms with Gasteiger partial charge >= 0.3 is 6.09 Å². The van der Waals surface area contributed by atoms with Gasteiger partial charge in [-0.15, -0.1) is 0 Å². The fourth-order valence-corrected chi connectivity index (χ4v) is 3.94. The van der Waals surface area contributed by atoms with Gasteiger partial charge in [0.25, 0.3) is 0 Å². The van der Waals surface area contributed by atoms with Crippen LogP contribution in [-0.2, 0) is 9.47 Å². The van der Waals surface area contributed by atoms with Crippen LogP contribution < -0.4 is 0 Å². The Balaban J connectivity index is 1.44. The van der Waals surface area contributed by atoms with Crippen LogP contribution >= 0.6 is 0 Å². The van der Waals surface area contributed by atoms with Gasteiger partial charge in [-0.3, -0.25) is 4.90 Å². The monoisotopic (exact) mass is 356 g/mol. The Morgan fingerprint density at radius 2 is 1.80 bits per heavy atom. The van der Waals surface area contributed by atoms with Gasteiger partial charge in [-0.25, -0.2) is 4.79 Å². The molecule has 6 nitrogen and oxygen atoms in total. The normalized spacial score (nSPS) is 25.0. The molecule has 2 rings (SSSR count). The highest BCUT2D eigenvalue weighted by Gasteiger charge is 2.27. The molecular formula is C19H36N2O4. The van der Waals surface area contributed by atoms with Gasteiger partial charge in [0.05, 0.1) is 19.3 Å². The molecule has 1 heterocycles. The summed E-state index contributed by atoms with van der Waals surface area (Å²) >= 11 is 0. The maximum Gasteiger partial charge on any atom is 0.407 e. The molecule has 1 N–H and O–H groups in total. The minimum Gasteiger partial charge on any atom is -0.465 e. The smallest absolute Gasteiger partial charge is 0.407 e. The second-order valence-electron chi connectivity index (χ2n) is 7.24. The number of unbranched alkanes of at least 4 members (excludes halogenated alkanes) is 3. The molecule has 2 fully saturated rings. The Labute approximate surface area is 152 Å². The molecule has 0 unspecified atom stereocenters. The van der Waals surface area contributed by atoms with E-state index in [0.29, 0.717) is 12.6 Å². The summed E-state index contributed by atoms with van der Waals surface area (Å²) in [5.74, 6) is 0. The van der Waals surface area contributed by atoms with Gasteiger partial charge < -0.3 is 19.5 Å². The summed E-state index contributed by atoms with van der Waals surface area (Å²) in [6.07, 6.45) is 8.32. The average Bonchev–Trinajstić information content (AvgIpc) is 2.63. The van der Waals surface area contributed by atoms with Gasteiger partial charge in [0.1, 0.15) is 0 Å². The van der Waals surface area contributed by atoms with Crippen molar-refractivity contribution in [1.82, 2.24) is 9.80 Å². The van der Waals surface area contributed by atoms with Crippen molar-refractivity contribution in [1.29, 1.82) is 0 Å². The Hall–Kier alpha value is -0.850. The topological polar surface area (TPSA) is 62.2 Å². The number of morpholine rings is 1. The molecule has 1 aliphatic heterocycles. The minimum absolute atomic E-state index is 0.183. The third kappa shape index (κ3) is 7.50. The first kappa shape index (κ1) is 20.5. The first-order chi connectivity index (χ1) is 12.2. The van der Waals surface area contributed by atoms with E-state index in [9.17, 15) is 9.90 Å². The second kappa shape index (κ2) is 11.7. The molecule has 2 aliphatic rings. The summed E-state index contributed by atoms with van der Waals surface area (Å²) in [6, 6.07) is 0.183. The van der Waals surface area contributed by atoms with E-state index in [1.165, 1.54) is 25.8 Å². The Morgan fingerprint density at radius 1 is 1.12 bits per heavy atom. The summed E-state index contributed by atoms with van der Waals surface area (Å²) < 4.78 is 11.4. The van der Waals surface area contributed by atoms with E-state index in [0.717, 1.165) is 65.0 Å². The zero-order valence-electron chi connectivity index (χ0n) is 15.8. The third-order valence-electron chi connectivity index (χ3n) is 5.50. The van der Waals surface area contributed by atoms with Crippen molar-refractivity contribution >= 4 is 6.09 Å². The van der Waals surface area contributed by atoms with Crippen LogP contribution in [0.25, 0.3) is 0 Å². The zero-order valence-corrected chi connectivity index (χ0v) is 15.8. The van der Waals surface area contributed by atoms with Crippen LogP contribution in [-0.4, -0.2) is 79.1 Å². The number of ether oxygens (including phenoxy) is 2. The van der Waals surface area contributed by atoms with Crippen molar-refractivity contribution < 1.29 is 19.4 Å². The van der Waals surface area contributed by atoms with E-state index in [-0.39, 0.29) is 6.04 Å². The highest BCUT2D eigenvalue weighted by atomic mass is 16.5. The molecule has 0 radical (unpaired) electrons. The van der Waals surface area contributed by atoms with Crippen molar-refractivity contribution in [3.05, 3.63) is 0 Å². The summed E-state index contributed by atoms with van der Waals surface area (Å²) in [5.41, 5.74) is 0. The van der Waals surface area contributed by atoms with Crippen molar-refractivity contribution in [2.75, 3.05) is 46.0 Å². The lowest BCUT2D eigenvalue weighted by atomic mass is 9.92. The number of amides is 1. The fourth-order valence-electron chi connectivity index (χ4n) is 3.94. The first-order valence-corrected chi connectivity index (χ1v) is 10.1. The van der Waals surface area contributed by atoms with Crippen LogP contribution in [0.5, 0.6) is 0 Å². The number of hydrogen-bond donors (Lipinski definition) is 1. The van der Waals surface area contributed by atoms with Gasteiger partial charge in [0.2, 0.25) is 0 Å². The lowest BCUT2D eigenvalue weighted by Crippen LogP contribution is -2.42. The average molecular weight is 357 g/mol. The molecule has 0 aromatic heterocycles. The zero-order chi connectivity index (χ0) is 17.9. The standard InChI is InChI=1S/C19H36N2O4/c1-2-21(19(22)23)17-7-9-18(10-8-17)25-14-6-4-3-5-11-20-12-15-24-16-13-20/h17-18H,2-16H2,1H3,(H,22,23). The molecule has 1 saturated carbocycles. The van der Waals surface area contributed by atoms with Gasteiger partial charge in [-0.05, 0) is 52.0 Å². The van der Waals surface area contributed by atoms with Crippen LogP contribution in [0.1, 0.15) is 58.3 Å². The van der Waals surface area contributed by atoms with E-state index < -0.39 is 6.09 Å². The molecular weight excluding hydrogens is 320 g/mol. The van der Waals surface area contributed by atoms with Crippen molar-refractivity contribution in [2.24, 2.45) is 0 Å². The summed E-state index contributed by atoms with van der Waals surface area (Å²) in [5, 5.41) is 9.20. The molecule has 0 bridgehead atoms. The molecule has 6 heteroatoms. The predicted molar refractivity (Wildman–Crippen MR) is 98.1 cm³/mol. The van der Waals surface area contributed by atoms with Gasteiger partial charge in [-0.1, -0.05) is 12.8 Å². The third-order valence-corrected chi connectivity index (χ3v) is 5.50. The molecule has 0 aromatic rings. The molecule has 0 aromatic carbocycles. The van der Waals surface area contributed by atoms with Crippen LogP contribution in [0.2, 0.25) is 0 Å². The van der Waals surface area contributed by atoms with Crippen molar-refractivity contribution in [3.63, 3.8) is 0 Å². The van der Waals surface area contributed by atoms with Gasteiger partial charge in [0.15, 0.2) is 0 Å². The van der Waals surface area contributed by atoms with Crippen LogP contribution in [0.3, 0.4) is 0 Å². The molecule has 0 atom stereocenters. The molecule has 1 saturated heterocycles. The van der Waals surface area contributed by atoms with E-state index in [2.05, 4.69) is 4.90 Å². The molecule has 25 heavy (non-hydrogen) atoms. The highest BCUT2D eigenvalue weighted by molar-refractivity contribution is 5.65. The summed E-state index contributed by atoms with van der Waals surface area (Å²) in [4.78, 5) is 15.3. The minimum atomic E-state index is -0.788. The Morgan fingerprint density at radius 3 is 2.44 bits per heavy atom. The number of nitrogens with zero attached hydrogens (tertiary/aromatic N) is 2. The summed E-state index contributed by atoms with van der Waals surface area (Å²) in [7, 11) is 0. The van der Waals surface area contributed by atoms with Gasteiger partial charge in [-0.2, -0.15) is 0 Å². The van der Waals surface area contributed by atoms with Crippen LogP contribution in [0, 0.1) is 0 Å². The van der Waals surface area contributed by atoms with E-state index in [4.69, 9.17) is 9.47 Å². The SMILES string of the molecule is CCN(C(=O)O)C1CCC(OCCCCCCN2CCOCC2)CC1. The van der Waals surface area contributed by atoms with Crippen molar-refractivity contribution in [3.8, 4) is 0 Å². The summed E-state index contributed by atoms with van der Waals surface area (Å²) in [6.45, 7) is 8.49. The quantitative estimate of drug-likeness (QED) is 0.609. The molecule has 1 aliphatic carbocycles. The van der Waals surface area contributed by atoms with Crippen LogP contribution in [0.15, 0.2) is 0 Å². The lowest BCUT2D eigenvalue weighted by Gasteiger charge is -2.34. The van der Waals surface area contributed by atoms with E-state index >= 15 is 0 Å². The second-order valence-corrected chi connectivity index (χ2v) is 7.24. The lowest BCUT2D eigenvalue weighted by molar-refractivity contribution is 0.00746. The van der Waals surface area contributed by atoms with Gasteiger partial charge in [0, 0.05) is 32.3 Å². The number of carbonyl (C=O) groups is 1. The highest BCUT2D eigenvalue weighted by Crippen LogP contribution is 2.25. The van der Waals surface area contributed by atoms with Crippen LogP contribution in [0.4, 0.5) is 4.79 Å². The number of carboxylic acid groups (broad SMARTS) is 1. The molecule has 1 amide bonds. The van der Waals surface area contributed by atoms with E-state index in [1.54, 1.807) is 4.90 Å². The fraction of sp³-hybridized carbons (Fsp3) is 0.947. The molecule has 0 spiro atoms. The Bertz CT molecular complexity index is 366. The predicted octanol–water partition coefficient (Wildman–Crippen LogP) is 3.21. The first-order valence-electron chi connectivity index (χ1n) is 10.1. The maximum atomic E-state index is 11.2. The van der Waals surface area contributed by atoms with Crippen molar-refractivity contribution in [2.45, 2.75) is 70.4 Å². The Kier molecular flexibility index (Phi) is 9.58. The maximum absolute atomic E-state index is 11.2. The number of hydrogen-bond acceptors (Lipinski definition) is 4. The number of rotatable bonds is 10. The largest absolute Gasteiger partial charge is 0.465 e.